The lowest BCUT2D eigenvalue weighted by Gasteiger charge is -2.33. The van der Waals surface area contributed by atoms with Crippen molar-refractivity contribution in [3.05, 3.63) is 30.3 Å². The lowest BCUT2D eigenvalue weighted by atomic mass is 9.82. The Kier molecular flexibility index (Phi) is 6.19. The highest BCUT2D eigenvalue weighted by Gasteiger charge is 2.27. The van der Waals surface area contributed by atoms with Gasteiger partial charge in [0, 0.05) is 37.4 Å². The van der Waals surface area contributed by atoms with E-state index in [1.54, 1.807) is 6.07 Å². The number of pyridine rings is 1. The molecule has 160 valence electrons. The molecule has 2 aromatic heterocycles. The molecule has 9 heteroatoms. The molecule has 0 aromatic carbocycles. The molecule has 4 rings (SSSR count). The third kappa shape index (κ3) is 4.91. The van der Waals surface area contributed by atoms with Gasteiger partial charge in [0.1, 0.15) is 17.5 Å². The van der Waals surface area contributed by atoms with Crippen LogP contribution in [0, 0.1) is 17.2 Å². The molecule has 2 aromatic rings. The van der Waals surface area contributed by atoms with Crippen LogP contribution in [-0.2, 0) is 9.53 Å². The van der Waals surface area contributed by atoms with Gasteiger partial charge in [-0.3, -0.25) is 4.79 Å². The number of anilines is 2. The minimum Gasteiger partial charge on any atom is -0.381 e. The first kappa shape index (κ1) is 20.6. The van der Waals surface area contributed by atoms with Crippen molar-refractivity contribution in [2.24, 2.45) is 11.3 Å². The molecular formula is C21H27FN6O2. The number of aromatic nitrogens is 3. The van der Waals surface area contributed by atoms with E-state index in [1.165, 1.54) is 12.3 Å². The van der Waals surface area contributed by atoms with Crippen LogP contribution in [0.2, 0.25) is 0 Å². The van der Waals surface area contributed by atoms with E-state index in [4.69, 9.17) is 4.74 Å². The maximum atomic E-state index is 14.5. The maximum Gasteiger partial charge on any atom is 0.229 e. The fraction of sp³-hybridized carbons (Fsp3) is 0.524. The Hall–Kier alpha value is -2.65. The summed E-state index contributed by atoms with van der Waals surface area (Å²) in [6, 6.07) is 3.30. The van der Waals surface area contributed by atoms with Crippen molar-refractivity contribution >= 4 is 17.5 Å². The lowest BCUT2D eigenvalue weighted by molar-refractivity contribution is -0.119. The number of amides is 1. The van der Waals surface area contributed by atoms with Gasteiger partial charge in [0.25, 0.3) is 0 Å². The highest BCUT2D eigenvalue weighted by atomic mass is 19.1. The van der Waals surface area contributed by atoms with Crippen LogP contribution in [0.15, 0.2) is 24.5 Å². The van der Waals surface area contributed by atoms with Crippen LogP contribution in [-0.4, -0.2) is 53.9 Å². The van der Waals surface area contributed by atoms with Crippen LogP contribution in [0.1, 0.15) is 26.2 Å². The van der Waals surface area contributed by atoms with E-state index in [0.29, 0.717) is 29.3 Å². The number of hydrogen-bond acceptors (Lipinski definition) is 7. The van der Waals surface area contributed by atoms with E-state index in [-0.39, 0.29) is 17.2 Å². The van der Waals surface area contributed by atoms with Crippen molar-refractivity contribution in [3.63, 3.8) is 0 Å². The van der Waals surface area contributed by atoms with Crippen LogP contribution in [0.4, 0.5) is 16.0 Å². The summed E-state index contributed by atoms with van der Waals surface area (Å²) in [6.07, 6.45) is 5.37. The molecule has 2 aliphatic rings. The summed E-state index contributed by atoms with van der Waals surface area (Å²) in [5, 5.41) is 17.4. The number of nitrogens with one attached hydrogen (secondary N) is 3. The number of hydrogen-bond donors (Lipinski definition) is 3. The van der Waals surface area contributed by atoms with Gasteiger partial charge >= 0.3 is 0 Å². The van der Waals surface area contributed by atoms with Gasteiger partial charge in [-0.25, -0.2) is 9.37 Å². The van der Waals surface area contributed by atoms with Crippen molar-refractivity contribution < 1.29 is 13.9 Å². The summed E-state index contributed by atoms with van der Waals surface area (Å²) < 4.78 is 19.9. The molecule has 1 atom stereocenters. The maximum absolute atomic E-state index is 14.5. The van der Waals surface area contributed by atoms with E-state index in [9.17, 15) is 9.18 Å². The monoisotopic (exact) mass is 414 g/mol. The number of nitrogens with zero attached hydrogens (tertiary/aromatic N) is 3. The van der Waals surface area contributed by atoms with Crippen molar-refractivity contribution in [1.29, 1.82) is 0 Å². The first-order valence-corrected chi connectivity index (χ1v) is 10.3. The van der Waals surface area contributed by atoms with Gasteiger partial charge in [-0.15, -0.1) is 5.10 Å². The molecule has 2 aliphatic heterocycles. The minimum absolute atomic E-state index is 0.0924. The molecular weight excluding hydrogens is 387 g/mol. The van der Waals surface area contributed by atoms with Gasteiger partial charge in [0.2, 0.25) is 5.91 Å². The van der Waals surface area contributed by atoms with Crippen LogP contribution in [0.5, 0.6) is 0 Å². The Morgan fingerprint density at radius 2 is 2.13 bits per heavy atom. The molecule has 3 N–H and O–H groups in total. The molecule has 2 fully saturated rings. The van der Waals surface area contributed by atoms with E-state index in [1.807, 2.05) is 0 Å². The molecule has 8 nitrogen and oxygen atoms in total. The van der Waals surface area contributed by atoms with Crippen LogP contribution in [0.3, 0.4) is 0 Å². The molecule has 30 heavy (non-hydrogen) atoms. The Morgan fingerprint density at radius 3 is 2.90 bits per heavy atom. The average molecular weight is 414 g/mol. The normalized spacial score (nSPS) is 20.7. The van der Waals surface area contributed by atoms with E-state index in [2.05, 4.69) is 38.1 Å². The zero-order valence-electron chi connectivity index (χ0n) is 17.1. The molecule has 4 heterocycles. The van der Waals surface area contributed by atoms with Crippen molar-refractivity contribution in [3.8, 4) is 11.1 Å². The molecule has 0 radical (unpaired) electrons. The highest BCUT2D eigenvalue weighted by Crippen LogP contribution is 2.30. The standard InChI is InChI=1S/C21H27FN6O2/c1-21(3-6-30-7-4-21)13-25-19-8-15(11-26-28-19)16-9-18(24-12-17(16)22)27-20(29)14-2-5-23-10-14/h8-9,11-12,14,23H,2-7,10,13H2,1H3,(H,25,28)(H,24,27,29)/t14-/m1/s1. The molecule has 2 saturated heterocycles. The van der Waals surface area contributed by atoms with Gasteiger partial charge in [-0.1, -0.05) is 6.92 Å². The second-order valence-electron chi connectivity index (χ2n) is 8.33. The molecule has 0 bridgehead atoms. The fourth-order valence-corrected chi connectivity index (χ4v) is 3.78. The first-order chi connectivity index (χ1) is 14.5. The Bertz CT molecular complexity index is 897. The predicted molar refractivity (Wildman–Crippen MR) is 111 cm³/mol. The van der Waals surface area contributed by atoms with Crippen LogP contribution < -0.4 is 16.0 Å². The van der Waals surface area contributed by atoms with E-state index >= 15 is 0 Å². The van der Waals surface area contributed by atoms with Gasteiger partial charge < -0.3 is 20.7 Å². The summed E-state index contributed by atoms with van der Waals surface area (Å²) >= 11 is 0. The summed E-state index contributed by atoms with van der Waals surface area (Å²) in [6.45, 7) is 5.95. The predicted octanol–water partition coefficient (Wildman–Crippen LogP) is 2.45. The second-order valence-corrected chi connectivity index (χ2v) is 8.33. The van der Waals surface area contributed by atoms with Crippen molar-refractivity contribution in [1.82, 2.24) is 20.5 Å². The SMILES string of the molecule is CC1(CNc2cc(-c3cc(NC(=O)[C@@H]4CCNC4)ncc3F)cnn2)CCOCC1. The number of carbonyl (C=O) groups excluding carboxylic acids is 1. The quantitative estimate of drug-likeness (QED) is 0.667. The molecule has 0 saturated carbocycles. The Labute approximate surface area is 175 Å². The summed E-state index contributed by atoms with van der Waals surface area (Å²) in [7, 11) is 0. The van der Waals surface area contributed by atoms with Crippen molar-refractivity contribution in [2.75, 3.05) is 43.5 Å². The number of rotatable bonds is 6. The van der Waals surface area contributed by atoms with E-state index < -0.39 is 5.82 Å². The zero-order valence-corrected chi connectivity index (χ0v) is 17.1. The number of carbonyl (C=O) groups is 1. The van der Waals surface area contributed by atoms with Gasteiger partial charge in [-0.2, -0.15) is 5.10 Å². The van der Waals surface area contributed by atoms with Crippen LogP contribution >= 0.6 is 0 Å². The van der Waals surface area contributed by atoms with E-state index in [0.717, 1.165) is 51.8 Å². The summed E-state index contributed by atoms with van der Waals surface area (Å²) in [4.78, 5) is 16.4. The smallest absolute Gasteiger partial charge is 0.229 e. The molecule has 0 spiro atoms. The third-order valence-corrected chi connectivity index (χ3v) is 5.90. The first-order valence-electron chi connectivity index (χ1n) is 10.3. The topological polar surface area (TPSA) is 101 Å². The highest BCUT2D eigenvalue weighted by molar-refractivity contribution is 5.92. The second kappa shape index (κ2) is 9.01. The average Bonchev–Trinajstić information content (AvgIpc) is 3.30. The summed E-state index contributed by atoms with van der Waals surface area (Å²) in [5.41, 5.74) is 1.02. The van der Waals surface area contributed by atoms with Gasteiger partial charge in [0.15, 0.2) is 0 Å². The largest absolute Gasteiger partial charge is 0.381 e. The minimum atomic E-state index is -0.481. The Morgan fingerprint density at radius 1 is 1.30 bits per heavy atom. The molecule has 0 unspecified atom stereocenters. The van der Waals surface area contributed by atoms with Crippen molar-refractivity contribution in [2.45, 2.75) is 26.2 Å². The zero-order chi connectivity index (χ0) is 21.0. The number of halogens is 1. The molecule has 1 amide bonds. The number of ether oxygens (including phenoxy) is 1. The fourth-order valence-electron chi connectivity index (χ4n) is 3.78. The lowest BCUT2D eigenvalue weighted by Crippen LogP contribution is -2.33. The molecule has 0 aliphatic carbocycles. The Balaban J connectivity index is 1.47. The van der Waals surface area contributed by atoms with Crippen LogP contribution in [0.25, 0.3) is 11.1 Å². The third-order valence-electron chi connectivity index (χ3n) is 5.90. The van der Waals surface area contributed by atoms with Gasteiger partial charge in [-0.05, 0) is 43.4 Å². The van der Waals surface area contributed by atoms with Gasteiger partial charge in [0.05, 0.1) is 18.3 Å². The summed E-state index contributed by atoms with van der Waals surface area (Å²) in [5.74, 6) is 0.226.